The number of nitrogens with two attached hydrogens (primary N) is 1. The Kier molecular flexibility index (Phi) is 6.23. The summed E-state index contributed by atoms with van der Waals surface area (Å²) in [6.45, 7) is 8.09. The number of aromatic nitrogens is 4. The van der Waals surface area contributed by atoms with Crippen LogP contribution in [0, 0.1) is 5.92 Å². The molecule has 0 aromatic carbocycles. The Morgan fingerprint density at radius 3 is 2.54 bits per heavy atom. The molecule has 0 spiro atoms. The number of nitrogens with one attached hydrogen (secondary N) is 2. The molecule has 0 aliphatic carbocycles. The Hall–Kier alpha value is -3.23. The van der Waals surface area contributed by atoms with Gasteiger partial charge < -0.3 is 30.0 Å². The number of rotatable bonds is 6. The van der Waals surface area contributed by atoms with E-state index in [1.165, 1.54) is 18.5 Å². The van der Waals surface area contributed by atoms with Crippen LogP contribution >= 0.6 is 0 Å². The summed E-state index contributed by atoms with van der Waals surface area (Å²) in [6.07, 6.45) is -3.30. The van der Waals surface area contributed by atoms with Crippen molar-refractivity contribution in [2.75, 3.05) is 12.3 Å². The van der Waals surface area contributed by atoms with Crippen LogP contribution in [0.1, 0.15) is 40.8 Å². The summed E-state index contributed by atoms with van der Waals surface area (Å²) >= 11 is 0. The fourth-order valence-corrected chi connectivity index (χ4v) is 4.49. The van der Waals surface area contributed by atoms with Gasteiger partial charge in [0.05, 0.1) is 0 Å². The number of carbonyl (C=O) groups is 2. The third-order valence-corrected chi connectivity index (χ3v) is 6.00. The maximum atomic E-state index is 13.1. The third kappa shape index (κ3) is 4.44. The Bertz CT molecular complexity index is 1280. The zero-order chi connectivity index (χ0) is 25.8. The van der Waals surface area contributed by atoms with Crippen LogP contribution in [0.4, 0.5) is 5.95 Å². The molecule has 2 saturated heterocycles. The maximum Gasteiger partial charge on any atom is 0.332 e. The van der Waals surface area contributed by atoms with Gasteiger partial charge >= 0.3 is 11.7 Å². The van der Waals surface area contributed by atoms with Gasteiger partial charge in [0.2, 0.25) is 11.9 Å². The number of carbonyl (C=O) groups excluding carboxylic acids is 2. The van der Waals surface area contributed by atoms with E-state index in [9.17, 15) is 19.2 Å². The number of hydrogen-bond donors (Lipinski definition) is 3. The van der Waals surface area contributed by atoms with E-state index in [0.29, 0.717) is 0 Å². The first-order valence-electron chi connectivity index (χ1n) is 11.2. The first-order valence-corrected chi connectivity index (χ1v) is 11.2. The molecule has 35 heavy (non-hydrogen) atoms. The zero-order valence-corrected chi connectivity index (χ0v) is 20.4. The number of aryl methyl sites for hydroxylation is 1. The van der Waals surface area contributed by atoms with Crippen molar-refractivity contribution in [3.05, 3.63) is 20.8 Å². The monoisotopic (exact) mass is 494 g/mol. The van der Waals surface area contributed by atoms with Crippen LogP contribution in [-0.4, -0.2) is 67.7 Å². The van der Waals surface area contributed by atoms with E-state index in [1.54, 1.807) is 27.7 Å². The minimum absolute atomic E-state index is 0.0208. The molecule has 5 atom stereocenters. The Labute approximate surface area is 199 Å². The third-order valence-electron chi connectivity index (χ3n) is 6.00. The molecule has 2 fully saturated rings. The number of anilines is 1. The number of imidazole rings is 1. The van der Waals surface area contributed by atoms with Crippen molar-refractivity contribution in [2.24, 2.45) is 13.0 Å². The second kappa shape index (κ2) is 8.77. The number of aromatic amines is 1. The summed E-state index contributed by atoms with van der Waals surface area (Å²) in [4.78, 5) is 56.2. The maximum absolute atomic E-state index is 13.1. The van der Waals surface area contributed by atoms with Gasteiger partial charge in [0, 0.05) is 14.0 Å². The molecule has 0 radical (unpaired) electrons. The van der Waals surface area contributed by atoms with E-state index in [2.05, 4.69) is 15.3 Å². The number of amides is 1. The summed E-state index contributed by atoms with van der Waals surface area (Å²) in [6, 6.07) is -0.836. The summed E-state index contributed by atoms with van der Waals surface area (Å²) in [5, 5.41) is 2.58. The number of nitrogen functional groups attached to an aromatic ring is 1. The standard InChI is InChI=1S/C21H30N6O8/c1-8(2)11(23-9(3)28)18(30)32-7-10-13-14(35-21(4,5)34-13)17(33-10)27-15-12(26(6)20(27)31)16(29)25-19(22)24-15/h8,10-11,13-14,17H,7H2,1-6H3,(H,23,28)(H3,22,24,25,29)/t10-,11+,13-,14-,17-/m1/s1. The van der Waals surface area contributed by atoms with Crippen molar-refractivity contribution in [1.29, 1.82) is 0 Å². The largest absolute Gasteiger partial charge is 0.461 e. The molecule has 4 rings (SSSR count). The van der Waals surface area contributed by atoms with Crippen molar-refractivity contribution >= 4 is 29.0 Å². The second-order valence-electron chi connectivity index (χ2n) is 9.52. The molecule has 4 N–H and O–H groups in total. The van der Waals surface area contributed by atoms with Crippen LogP contribution in [0.25, 0.3) is 11.2 Å². The molecule has 1 amide bonds. The van der Waals surface area contributed by atoms with Gasteiger partial charge in [0.15, 0.2) is 23.2 Å². The number of fused-ring (bicyclic) bond motifs is 2. The topological polar surface area (TPSA) is 182 Å². The average molecular weight is 495 g/mol. The van der Waals surface area contributed by atoms with Gasteiger partial charge in [0.1, 0.15) is 31.0 Å². The van der Waals surface area contributed by atoms with E-state index in [4.69, 9.17) is 24.7 Å². The lowest BCUT2D eigenvalue weighted by atomic mass is 10.0. The molecule has 4 heterocycles. The molecular formula is C21H30N6O8. The highest BCUT2D eigenvalue weighted by Gasteiger charge is 2.57. The Morgan fingerprint density at radius 1 is 1.26 bits per heavy atom. The lowest BCUT2D eigenvalue weighted by Gasteiger charge is -2.25. The van der Waals surface area contributed by atoms with Crippen LogP contribution in [0.5, 0.6) is 0 Å². The first-order chi connectivity index (χ1) is 16.3. The number of ether oxygens (including phenoxy) is 4. The van der Waals surface area contributed by atoms with Gasteiger partial charge in [0.25, 0.3) is 5.56 Å². The minimum Gasteiger partial charge on any atom is -0.461 e. The van der Waals surface area contributed by atoms with Crippen molar-refractivity contribution in [3.63, 3.8) is 0 Å². The molecule has 2 aromatic rings. The predicted octanol–water partition coefficient (Wildman–Crippen LogP) is -0.873. The lowest BCUT2D eigenvalue weighted by molar-refractivity contribution is -0.202. The first kappa shape index (κ1) is 24.9. The fraction of sp³-hybridized carbons (Fsp3) is 0.667. The van der Waals surface area contributed by atoms with Crippen LogP contribution in [0.2, 0.25) is 0 Å². The van der Waals surface area contributed by atoms with E-state index in [0.717, 1.165) is 4.57 Å². The normalized spacial score (nSPS) is 26.1. The van der Waals surface area contributed by atoms with Crippen molar-refractivity contribution < 1.29 is 28.5 Å². The molecule has 2 aliphatic heterocycles. The number of nitrogens with zero attached hydrogens (tertiary/aromatic N) is 3. The molecule has 0 bridgehead atoms. The Balaban J connectivity index is 1.65. The van der Waals surface area contributed by atoms with Crippen molar-refractivity contribution in [1.82, 2.24) is 24.4 Å². The molecule has 2 aliphatic rings. The summed E-state index contributed by atoms with van der Waals surface area (Å²) in [7, 11) is 1.43. The van der Waals surface area contributed by atoms with Gasteiger partial charge in [-0.2, -0.15) is 4.98 Å². The number of esters is 1. The number of H-pyrrole nitrogens is 1. The summed E-state index contributed by atoms with van der Waals surface area (Å²) in [5.41, 5.74) is 4.63. The van der Waals surface area contributed by atoms with Gasteiger partial charge in [-0.25, -0.2) is 14.2 Å². The quantitative estimate of drug-likeness (QED) is 0.427. The van der Waals surface area contributed by atoms with Crippen LogP contribution in [0.3, 0.4) is 0 Å². The van der Waals surface area contributed by atoms with E-state index in [1.807, 2.05) is 0 Å². The van der Waals surface area contributed by atoms with Crippen LogP contribution in [-0.2, 0) is 35.6 Å². The zero-order valence-electron chi connectivity index (χ0n) is 20.4. The predicted molar refractivity (Wildman–Crippen MR) is 121 cm³/mol. The van der Waals surface area contributed by atoms with Gasteiger partial charge in [-0.1, -0.05) is 13.8 Å². The molecule has 14 heteroatoms. The Morgan fingerprint density at radius 2 is 1.91 bits per heavy atom. The van der Waals surface area contributed by atoms with Gasteiger partial charge in [-0.3, -0.25) is 19.1 Å². The smallest absolute Gasteiger partial charge is 0.332 e. The van der Waals surface area contributed by atoms with Gasteiger partial charge in [-0.15, -0.1) is 0 Å². The molecule has 0 saturated carbocycles. The molecule has 14 nitrogen and oxygen atoms in total. The minimum atomic E-state index is -1.04. The average Bonchev–Trinajstić information content (AvgIpc) is 3.31. The second-order valence-corrected chi connectivity index (χ2v) is 9.52. The van der Waals surface area contributed by atoms with E-state index < -0.39 is 53.6 Å². The van der Waals surface area contributed by atoms with Crippen molar-refractivity contribution in [2.45, 2.75) is 71.0 Å². The summed E-state index contributed by atoms with van der Waals surface area (Å²) in [5.74, 6) is -2.35. The fourth-order valence-electron chi connectivity index (χ4n) is 4.49. The highest BCUT2D eigenvalue weighted by Crippen LogP contribution is 2.43. The van der Waals surface area contributed by atoms with Crippen LogP contribution in [0.15, 0.2) is 9.59 Å². The summed E-state index contributed by atoms with van der Waals surface area (Å²) < 4.78 is 26.0. The SMILES string of the molecule is CC(=O)N[C@H](C(=O)OC[C@H]1O[C@@H](n2c(=O)n(C)c3c(=O)[nH]c(N)nc32)[C@@H]2OC(C)(C)O[C@@H]21)C(C)C. The van der Waals surface area contributed by atoms with Crippen molar-refractivity contribution in [3.8, 4) is 0 Å². The molecule has 2 aromatic heterocycles. The van der Waals surface area contributed by atoms with E-state index in [-0.39, 0.29) is 35.5 Å². The molecule has 192 valence electrons. The highest BCUT2D eigenvalue weighted by molar-refractivity contribution is 5.83. The highest BCUT2D eigenvalue weighted by atomic mass is 16.8. The lowest BCUT2D eigenvalue weighted by Crippen LogP contribution is -2.45. The van der Waals surface area contributed by atoms with Crippen LogP contribution < -0.4 is 22.3 Å². The van der Waals surface area contributed by atoms with Gasteiger partial charge in [-0.05, 0) is 19.8 Å². The van der Waals surface area contributed by atoms with E-state index >= 15 is 0 Å². The molecule has 0 unspecified atom stereocenters. The number of hydrogen-bond acceptors (Lipinski definition) is 10. The molecular weight excluding hydrogens is 464 g/mol.